The Kier molecular flexibility index (Phi) is 6.32. The van der Waals surface area contributed by atoms with E-state index in [2.05, 4.69) is 0 Å². The van der Waals surface area contributed by atoms with Crippen molar-refractivity contribution in [2.45, 2.75) is 19.4 Å². The van der Waals surface area contributed by atoms with Gasteiger partial charge in [-0.1, -0.05) is 12.1 Å². The average Bonchev–Trinajstić information content (AvgIpc) is 2.19. The molecule has 0 saturated heterocycles. The molecule has 0 fully saturated rings. The molecule has 1 aromatic carbocycles. The highest BCUT2D eigenvalue weighted by Gasteiger charge is 2.07. The lowest BCUT2D eigenvalue weighted by Gasteiger charge is -2.13. The van der Waals surface area contributed by atoms with Crippen LogP contribution in [-0.4, -0.2) is 18.8 Å². The Balaban J connectivity index is 0.00000196. The van der Waals surface area contributed by atoms with Gasteiger partial charge in [-0.2, -0.15) is 0 Å². The fourth-order valence-corrected chi connectivity index (χ4v) is 1.37. The monoisotopic (exact) mass is 231 g/mol. The molecule has 0 unspecified atom stereocenters. The molecule has 0 radical (unpaired) electrons. The minimum Gasteiger partial charge on any atom is -0.496 e. The first-order chi connectivity index (χ1) is 6.69. The lowest BCUT2D eigenvalue weighted by atomic mass is 10.0. The van der Waals surface area contributed by atoms with E-state index in [1.54, 1.807) is 7.11 Å². The second kappa shape index (κ2) is 6.67. The molecule has 0 aliphatic heterocycles. The van der Waals surface area contributed by atoms with Crippen molar-refractivity contribution in [3.8, 4) is 5.75 Å². The summed E-state index contributed by atoms with van der Waals surface area (Å²) in [4.78, 5) is 0. The van der Waals surface area contributed by atoms with Gasteiger partial charge in [0.2, 0.25) is 0 Å². The SMILES string of the molecule is COc1cc([C@@H](N)CCO)ccc1C.Cl. The second-order valence-electron chi connectivity index (χ2n) is 3.35. The molecule has 0 aliphatic carbocycles. The number of benzene rings is 1. The molecule has 0 bridgehead atoms. The number of ether oxygens (including phenoxy) is 1. The van der Waals surface area contributed by atoms with Gasteiger partial charge in [0.05, 0.1) is 7.11 Å². The first-order valence-corrected chi connectivity index (χ1v) is 4.70. The highest BCUT2D eigenvalue weighted by atomic mass is 35.5. The minimum absolute atomic E-state index is 0. The van der Waals surface area contributed by atoms with Gasteiger partial charge >= 0.3 is 0 Å². The van der Waals surface area contributed by atoms with E-state index in [0.29, 0.717) is 6.42 Å². The maximum atomic E-state index is 8.77. The smallest absolute Gasteiger partial charge is 0.122 e. The number of methoxy groups -OCH3 is 1. The third-order valence-electron chi connectivity index (χ3n) is 2.30. The molecule has 1 rings (SSSR count). The van der Waals surface area contributed by atoms with Crippen LogP contribution in [0.5, 0.6) is 5.75 Å². The molecular formula is C11H18ClNO2. The molecule has 0 spiro atoms. The molecule has 1 atom stereocenters. The van der Waals surface area contributed by atoms with Crippen molar-refractivity contribution in [1.29, 1.82) is 0 Å². The molecule has 0 aliphatic rings. The highest BCUT2D eigenvalue weighted by Crippen LogP contribution is 2.23. The normalized spacial score (nSPS) is 11.7. The van der Waals surface area contributed by atoms with E-state index in [1.807, 2.05) is 25.1 Å². The van der Waals surface area contributed by atoms with Gasteiger partial charge < -0.3 is 15.6 Å². The molecule has 0 heterocycles. The Morgan fingerprint density at radius 2 is 2.13 bits per heavy atom. The van der Waals surface area contributed by atoms with Crippen LogP contribution in [0.3, 0.4) is 0 Å². The lowest BCUT2D eigenvalue weighted by molar-refractivity contribution is 0.276. The zero-order valence-corrected chi connectivity index (χ0v) is 9.88. The van der Waals surface area contributed by atoms with Crippen molar-refractivity contribution in [2.75, 3.05) is 13.7 Å². The molecule has 0 aromatic heterocycles. The highest BCUT2D eigenvalue weighted by molar-refractivity contribution is 5.85. The summed E-state index contributed by atoms with van der Waals surface area (Å²) in [5.41, 5.74) is 7.96. The zero-order chi connectivity index (χ0) is 10.6. The molecule has 1 aromatic rings. The van der Waals surface area contributed by atoms with Gasteiger partial charge in [-0.15, -0.1) is 12.4 Å². The van der Waals surface area contributed by atoms with E-state index < -0.39 is 0 Å². The largest absolute Gasteiger partial charge is 0.496 e. The lowest BCUT2D eigenvalue weighted by Crippen LogP contribution is -2.12. The summed E-state index contributed by atoms with van der Waals surface area (Å²) in [5.74, 6) is 0.843. The van der Waals surface area contributed by atoms with Crippen LogP contribution in [0.4, 0.5) is 0 Å². The number of aliphatic hydroxyl groups excluding tert-OH is 1. The fraction of sp³-hybridized carbons (Fsp3) is 0.455. The number of hydrogen-bond donors (Lipinski definition) is 2. The van der Waals surface area contributed by atoms with Gasteiger partial charge in [-0.3, -0.25) is 0 Å². The predicted octanol–water partition coefficient (Wildman–Crippen LogP) is 1.81. The van der Waals surface area contributed by atoms with E-state index in [9.17, 15) is 0 Å². The standard InChI is InChI=1S/C11H17NO2.ClH/c1-8-3-4-9(7-11(8)14-2)10(12)5-6-13;/h3-4,7,10,13H,5-6,12H2,1-2H3;1H/t10-;/m0./s1. The average molecular weight is 232 g/mol. The number of rotatable bonds is 4. The van der Waals surface area contributed by atoms with Gasteiger partial charge in [0.15, 0.2) is 0 Å². The maximum Gasteiger partial charge on any atom is 0.122 e. The number of aliphatic hydroxyl groups is 1. The van der Waals surface area contributed by atoms with Gasteiger partial charge in [0.1, 0.15) is 5.75 Å². The summed E-state index contributed by atoms with van der Waals surface area (Å²) >= 11 is 0. The Morgan fingerprint density at radius 1 is 1.47 bits per heavy atom. The van der Waals surface area contributed by atoms with Crippen molar-refractivity contribution >= 4 is 12.4 Å². The molecular weight excluding hydrogens is 214 g/mol. The zero-order valence-electron chi connectivity index (χ0n) is 9.06. The van der Waals surface area contributed by atoms with Crippen LogP contribution in [0.25, 0.3) is 0 Å². The van der Waals surface area contributed by atoms with Gasteiger partial charge in [0.25, 0.3) is 0 Å². The molecule has 86 valence electrons. The van der Waals surface area contributed by atoms with Crippen LogP contribution in [0.15, 0.2) is 18.2 Å². The Bertz CT molecular complexity index is 305. The van der Waals surface area contributed by atoms with Crippen molar-refractivity contribution in [2.24, 2.45) is 5.73 Å². The van der Waals surface area contributed by atoms with E-state index in [4.69, 9.17) is 15.6 Å². The van der Waals surface area contributed by atoms with Crippen LogP contribution in [0, 0.1) is 6.92 Å². The third-order valence-corrected chi connectivity index (χ3v) is 2.30. The number of halogens is 1. The van der Waals surface area contributed by atoms with Crippen LogP contribution >= 0.6 is 12.4 Å². The summed E-state index contributed by atoms with van der Waals surface area (Å²) in [6, 6.07) is 5.76. The van der Waals surface area contributed by atoms with Gasteiger partial charge in [-0.05, 0) is 30.5 Å². The Morgan fingerprint density at radius 3 is 2.67 bits per heavy atom. The summed E-state index contributed by atoms with van der Waals surface area (Å²) in [7, 11) is 1.64. The summed E-state index contributed by atoms with van der Waals surface area (Å²) in [5, 5.41) is 8.77. The summed E-state index contributed by atoms with van der Waals surface area (Å²) in [6.45, 7) is 2.09. The molecule has 3 nitrogen and oxygen atoms in total. The van der Waals surface area contributed by atoms with Crippen molar-refractivity contribution < 1.29 is 9.84 Å². The fourth-order valence-electron chi connectivity index (χ4n) is 1.37. The van der Waals surface area contributed by atoms with E-state index in [-0.39, 0.29) is 25.1 Å². The van der Waals surface area contributed by atoms with Crippen molar-refractivity contribution in [3.63, 3.8) is 0 Å². The predicted molar refractivity (Wildman–Crippen MR) is 63.6 cm³/mol. The minimum atomic E-state index is -0.116. The van der Waals surface area contributed by atoms with Crippen LogP contribution < -0.4 is 10.5 Å². The number of nitrogens with two attached hydrogens (primary N) is 1. The first-order valence-electron chi connectivity index (χ1n) is 4.70. The van der Waals surface area contributed by atoms with E-state index in [1.165, 1.54) is 0 Å². The number of hydrogen-bond acceptors (Lipinski definition) is 3. The van der Waals surface area contributed by atoms with Crippen LogP contribution in [0.1, 0.15) is 23.6 Å². The Hall–Kier alpha value is -0.770. The van der Waals surface area contributed by atoms with Crippen LogP contribution in [-0.2, 0) is 0 Å². The molecule has 0 saturated carbocycles. The molecule has 0 amide bonds. The molecule has 4 heteroatoms. The summed E-state index contributed by atoms with van der Waals surface area (Å²) in [6.07, 6.45) is 0.576. The molecule has 3 N–H and O–H groups in total. The molecule has 15 heavy (non-hydrogen) atoms. The Labute approximate surface area is 96.7 Å². The van der Waals surface area contributed by atoms with Crippen molar-refractivity contribution in [1.82, 2.24) is 0 Å². The topological polar surface area (TPSA) is 55.5 Å². The number of aryl methyl sites for hydroxylation is 1. The maximum absolute atomic E-state index is 8.77. The van der Waals surface area contributed by atoms with E-state index >= 15 is 0 Å². The third kappa shape index (κ3) is 3.70. The second-order valence-corrected chi connectivity index (χ2v) is 3.35. The summed E-state index contributed by atoms with van der Waals surface area (Å²) < 4.78 is 5.20. The van der Waals surface area contributed by atoms with Crippen molar-refractivity contribution in [3.05, 3.63) is 29.3 Å². The van der Waals surface area contributed by atoms with Gasteiger partial charge in [0, 0.05) is 12.6 Å². The van der Waals surface area contributed by atoms with Gasteiger partial charge in [-0.25, -0.2) is 0 Å². The quantitative estimate of drug-likeness (QED) is 0.831. The first kappa shape index (κ1) is 14.2. The van der Waals surface area contributed by atoms with E-state index in [0.717, 1.165) is 16.9 Å². The van der Waals surface area contributed by atoms with Crippen LogP contribution in [0.2, 0.25) is 0 Å².